The van der Waals surface area contributed by atoms with E-state index in [9.17, 15) is 13.2 Å². The minimum Gasteiger partial charge on any atom is -0.327 e. The van der Waals surface area contributed by atoms with E-state index >= 15 is 0 Å². The number of rotatable bonds is 4. The van der Waals surface area contributed by atoms with E-state index in [1.807, 2.05) is 44.2 Å². The second kappa shape index (κ2) is 7.84. The van der Waals surface area contributed by atoms with E-state index in [4.69, 9.17) is 5.73 Å². The minimum absolute atomic E-state index is 0. The van der Waals surface area contributed by atoms with E-state index in [1.54, 1.807) is 6.07 Å². The topological polar surface area (TPSA) is 26.0 Å². The van der Waals surface area contributed by atoms with Crippen LogP contribution in [0.3, 0.4) is 0 Å². The molecule has 3 atom stereocenters. The molecule has 0 bridgehead atoms. The highest BCUT2D eigenvalue weighted by molar-refractivity contribution is 5.85. The van der Waals surface area contributed by atoms with E-state index in [1.165, 1.54) is 12.1 Å². The van der Waals surface area contributed by atoms with Gasteiger partial charge in [-0.15, -0.1) is 12.4 Å². The summed E-state index contributed by atoms with van der Waals surface area (Å²) in [5, 5.41) is 0. The summed E-state index contributed by atoms with van der Waals surface area (Å²) in [5.74, 6) is -0.144. The molecule has 2 aromatic carbocycles. The first kappa shape index (κ1) is 19.5. The molecule has 0 amide bonds. The molecule has 0 saturated heterocycles. The fourth-order valence-electron chi connectivity index (χ4n) is 2.93. The van der Waals surface area contributed by atoms with Gasteiger partial charge in [-0.25, -0.2) is 0 Å². The van der Waals surface area contributed by atoms with Gasteiger partial charge < -0.3 is 5.73 Å². The Morgan fingerprint density at radius 3 is 1.96 bits per heavy atom. The summed E-state index contributed by atoms with van der Waals surface area (Å²) in [4.78, 5) is 0. The van der Waals surface area contributed by atoms with Crippen LogP contribution in [0.15, 0.2) is 54.6 Å². The summed E-state index contributed by atoms with van der Waals surface area (Å²) in [6, 6.07) is 15.0. The molecule has 0 aliphatic rings. The molecule has 0 heterocycles. The molecule has 126 valence electrons. The van der Waals surface area contributed by atoms with Crippen molar-refractivity contribution < 1.29 is 13.2 Å². The monoisotopic (exact) mass is 343 g/mol. The van der Waals surface area contributed by atoms with E-state index in [0.29, 0.717) is 5.56 Å². The van der Waals surface area contributed by atoms with Crippen molar-refractivity contribution in [3.05, 3.63) is 71.3 Å². The number of alkyl halides is 3. The molecule has 23 heavy (non-hydrogen) atoms. The largest absolute Gasteiger partial charge is 0.416 e. The molecule has 2 N–H and O–H groups in total. The third-order valence-electron chi connectivity index (χ3n) is 4.03. The van der Waals surface area contributed by atoms with Crippen LogP contribution in [-0.4, -0.2) is 6.04 Å². The Kier molecular flexibility index (Phi) is 6.66. The van der Waals surface area contributed by atoms with Gasteiger partial charge in [0.2, 0.25) is 0 Å². The van der Waals surface area contributed by atoms with E-state index in [2.05, 4.69) is 0 Å². The van der Waals surface area contributed by atoms with Crippen LogP contribution >= 0.6 is 12.4 Å². The molecule has 0 fully saturated rings. The first-order chi connectivity index (χ1) is 10.3. The van der Waals surface area contributed by atoms with Crippen molar-refractivity contribution in [2.75, 3.05) is 0 Å². The molecule has 0 saturated carbocycles. The van der Waals surface area contributed by atoms with Gasteiger partial charge in [-0.2, -0.15) is 13.2 Å². The van der Waals surface area contributed by atoms with Gasteiger partial charge in [-0.3, -0.25) is 0 Å². The van der Waals surface area contributed by atoms with Crippen LogP contribution in [0.2, 0.25) is 0 Å². The van der Waals surface area contributed by atoms with Crippen molar-refractivity contribution in [3.63, 3.8) is 0 Å². The average molecular weight is 344 g/mol. The Balaban J connectivity index is 0.00000264. The number of benzene rings is 2. The maximum absolute atomic E-state index is 12.9. The lowest BCUT2D eigenvalue weighted by atomic mass is 9.78. The molecule has 0 aromatic heterocycles. The predicted octanol–water partition coefficient (Wildman–Crippen LogP) is 5.36. The zero-order chi connectivity index (χ0) is 16.3. The first-order valence-corrected chi connectivity index (χ1v) is 7.28. The fraction of sp³-hybridized carbons (Fsp3) is 0.333. The van der Waals surface area contributed by atoms with Crippen LogP contribution < -0.4 is 5.73 Å². The van der Waals surface area contributed by atoms with Crippen molar-refractivity contribution in [1.29, 1.82) is 0 Å². The minimum atomic E-state index is -4.34. The Labute approximate surface area is 141 Å². The van der Waals surface area contributed by atoms with Crippen LogP contribution in [0.25, 0.3) is 0 Å². The van der Waals surface area contributed by atoms with Crippen LogP contribution in [0.1, 0.15) is 42.4 Å². The normalized spacial score (nSPS) is 15.4. The predicted molar refractivity (Wildman–Crippen MR) is 89.9 cm³/mol. The summed E-state index contributed by atoms with van der Waals surface area (Å²) in [6.45, 7) is 3.84. The van der Waals surface area contributed by atoms with Gasteiger partial charge >= 0.3 is 6.18 Å². The van der Waals surface area contributed by atoms with Crippen molar-refractivity contribution in [2.45, 2.75) is 37.9 Å². The maximum Gasteiger partial charge on any atom is 0.416 e. The quantitative estimate of drug-likeness (QED) is 0.794. The first-order valence-electron chi connectivity index (χ1n) is 7.28. The van der Waals surface area contributed by atoms with E-state index < -0.39 is 11.7 Å². The zero-order valence-corrected chi connectivity index (χ0v) is 13.9. The third-order valence-corrected chi connectivity index (χ3v) is 4.03. The van der Waals surface area contributed by atoms with Gasteiger partial charge in [-0.1, -0.05) is 55.5 Å². The second-order valence-electron chi connectivity index (χ2n) is 5.71. The van der Waals surface area contributed by atoms with Gasteiger partial charge in [-0.05, 0) is 30.0 Å². The third kappa shape index (κ3) is 4.72. The SMILES string of the molecule is CC(N)C(c1cccc(C(F)(F)F)c1)[C@@H](C)c1ccccc1.Cl. The van der Waals surface area contributed by atoms with E-state index in [0.717, 1.165) is 11.6 Å². The summed E-state index contributed by atoms with van der Waals surface area (Å²) in [6.07, 6.45) is -4.34. The summed E-state index contributed by atoms with van der Waals surface area (Å²) in [5.41, 5.74) is 7.15. The van der Waals surface area contributed by atoms with Crippen LogP contribution in [0, 0.1) is 0 Å². The second-order valence-corrected chi connectivity index (χ2v) is 5.71. The van der Waals surface area contributed by atoms with E-state index in [-0.39, 0.29) is 30.3 Å². The zero-order valence-electron chi connectivity index (χ0n) is 13.0. The lowest BCUT2D eigenvalue weighted by Gasteiger charge is -2.29. The molecule has 5 heteroatoms. The molecule has 0 aliphatic heterocycles. The lowest BCUT2D eigenvalue weighted by molar-refractivity contribution is -0.137. The molecule has 1 nitrogen and oxygen atoms in total. The van der Waals surface area contributed by atoms with Crippen molar-refractivity contribution >= 4 is 12.4 Å². The molecule has 0 spiro atoms. The highest BCUT2D eigenvalue weighted by Crippen LogP contribution is 2.37. The molecule has 0 radical (unpaired) electrons. The van der Waals surface area contributed by atoms with Crippen LogP contribution in [0.5, 0.6) is 0 Å². The molecule has 2 rings (SSSR count). The van der Waals surface area contributed by atoms with Crippen LogP contribution in [-0.2, 0) is 6.18 Å². The molecule has 2 unspecified atom stereocenters. The van der Waals surface area contributed by atoms with Gasteiger partial charge in [0.05, 0.1) is 5.56 Å². The lowest BCUT2D eigenvalue weighted by Crippen LogP contribution is -2.29. The van der Waals surface area contributed by atoms with Gasteiger partial charge in [0.1, 0.15) is 0 Å². The smallest absolute Gasteiger partial charge is 0.327 e. The summed E-state index contributed by atoms with van der Waals surface area (Å²) >= 11 is 0. The van der Waals surface area contributed by atoms with Crippen molar-refractivity contribution in [1.82, 2.24) is 0 Å². The average Bonchev–Trinajstić information content (AvgIpc) is 2.47. The summed E-state index contributed by atoms with van der Waals surface area (Å²) < 4.78 is 38.8. The number of halogens is 4. The number of nitrogens with two attached hydrogens (primary N) is 1. The molecular formula is C18H21ClF3N. The molecule has 0 aliphatic carbocycles. The summed E-state index contributed by atoms with van der Waals surface area (Å²) in [7, 11) is 0. The van der Waals surface area contributed by atoms with Gasteiger partial charge in [0, 0.05) is 12.0 Å². The number of hydrogen-bond acceptors (Lipinski definition) is 1. The standard InChI is InChI=1S/C18H20F3N.ClH/c1-12(14-7-4-3-5-8-14)17(13(2)22)15-9-6-10-16(11-15)18(19,20)21;/h3-13,17H,22H2,1-2H3;1H/t12-,13?,17?;/m0./s1. The Morgan fingerprint density at radius 2 is 1.43 bits per heavy atom. The fourth-order valence-corrected chi connectivity index (χ4v) is 2.93. The highest BCUT2D eigenvalue weighted by atomic mass is 35.5. The molecular weight excluding hydrogens is 323 g/mol. The Morgan fingerprint density at radius 1 is 0.870 bits per heavy atom. The van der Waals surface area contributed by atoms with Gasteiger partial charge in [0.15, 0.2) is 0 Å². The number of hydrogen-bond donors (Lipinski definition) is 1. The van der Waals surface area contributed by atoms with Crippen molar-refractivity contribution in [3.8, 4) is 0 Å². The maximum atomic E-state index is 12.9. The Bertz CT molecular complexity index is 611. The van der Waals surface area contributed by atoms with Gasteiger partial charge in [0.25, 0.3) is 0 Å². The van der Waals surface area contributed by atoms with Crippen molar-refractivity contribution in [2.24, 2.45) is 5.73 Å². The molecule has 2 aromatic rings. The highest BCUT2D eigenvalue weighted by Gasteiger charge is 2.32. The Hall–Kier alpha value is -1.52. The van der Waals surface area contributed by atoms with Crippen LogP contribution in [0.4, 0.5) is 13.2 Å².